The predicted octanol–water partition coefficient (Wildman–Crippen LogP) is 3.67. The molecule has 0 saturated carbocycles. The normalized spacial score (nSPS) is 15.8. The van der Waals surface area contributed by atoms with Crippen LogP contribution in [0.4, 0.5) is 5.69 Å². The molecule has 0 bridgehead atoms. The number of anilines is 1. The zero-order chi connectivity index (χ0) is 15.4. The maximum atomic E-state index is 6.08. The van der Waals surface area contributed by atoms with Gasteiger partial charge < -0.3 is 9.64 Å². The van der Waals surface area contributed by atoms with E-state index >= 15 is 0 Å². The summed E-state index contributed by atoms with van der Waals surface area (Å²) in [7, 11) is 1.71. The van der Waals surface area contributed by atoms with Crippen LogP contribution in [0.15, 0.2) is 48.5 Å². The lowest BCUT2D eigenvalue weighted by Gasteiger charge is -2.36. The van der Waals surface area contributed by atoms with Crippen LogP contribution >= 0.6 is 11.6 Å². The molecule has 0 amide bonds. The van der Waals surface area contributed by atoms with E-state index in [1.807, 2.05) is 24.3 Å². The third kappa shape index (κ3) is 3.73. The second kappa shape index (κ2) is 7.03. The van der Waals surface area contributed by atoms with Gasteiger partial charge in [-0.15, -0.1) is 0 Å². The first-order chi connectivity index (χ1) is 10.7. The first-order valence-electron chi connectivity index (χ1n) is 7.60. The molecule has 2 aromatic carbocycles. The second-order valence-electron chi connectivity index (χ2n) is 5.59. The minimum atomic E-state index is 0.802. The number of methoxy groups -OCH3 is 1. The van der Waals surface area contributed by atoms with Gasteiger partial charge in [-0.25, -0.2) is 0 Å². The van der Waals surface area contributed by atoms with Crippen LogP contribution in [-0.4, -0.2) is 38.2 Å². The highest BCUT2D eigenvalue weighted by Crippen LogP contribution is 2.21. The van der Waals surface area contributed by atoms with Crippen molar-refractivity contribution in [1.82, 2.24) is 4.90 Å². The number of piperazine rings is 1. The molecule has 0 spiro atoms. The fraction of sp³-hybridized carbons (Fsp3) is 0.333. The number of benzene rings is 2. The second-order valence-corrected chi connectivity index (χ2v) is 6.03. The smallest absolute Gasteiger partial charge is 0.119 e. The van der Waals surface area contributed by atoms with Gasteiger partial charge in [0, 0.05) is 43.4 Å². The number of hydrogen-bond acceptors (Lipinski definition) is 3. The Morgan fingerprint density at radius 2 is 1.77 bits per heavy atom. The van der Waals surface area contributed by atoms with Crippen LogP contribution in [0.5, 0.6) is 5.75 Å². The lowest BCUT2D eigenvalue weighted by Crippen LogP contribution is -2.45. The zero-order valence-electron chi connectivity index (χ0n) is 12.8. The summed E-state index contributed by atoms with van der Waals surface area (Å²) in [5.41, 5.74) is 2.52. The van der Waals surface area contributed by atoms with Crippen LogP contribution < -0.4 is 9.64 Å². The van der Waals surface area contributed by atoms with E-state index in [4.69, 9.17) is 16.3 Å². The van der Waals surface area contributed by atoms with Crippen LogP contribution in [0, 0.1) is 0 Å². The maximum absolute atomic E-state index is 6.08. The van der Waals surface area contributed by atoms with Gasteiger partial charge in [-0.3, -0.25) is 4.90 Å². The lowest BCUT2D eigenvalue weighted by atomic mass is 10.2. The van der Waals surface area contributed by atoms with Gasteiger partial charge in [0.1, 0.15) is 5.75 Å². The molecule has 2 aromatic rings. The van der Waals surface area contributed by atoms with Crippen molar-refractivity contribution in [2.24, 2.45) is 0 Å². The van der Waals surface area contributed by atoms with E-state index in [0.717, 1.165) is 43.5 Å². The van der Waals surface area contributed by atoms with Crippen LogP contribution in [0.25, 0.3) is 0 Å². The fourth-order valence-electron chi connectivity index (χ4n) is 2.87. The molecule has 0 atom stereocenters. The average molecular weight is 317 g/mol. The molecule has 3 nitrogen and oxygen atoms in total. The molecule has 1 aliphatic rings. The monoisotopic (exact) mass is 316 g/mol. The molecule has 3 rings (SSSR count). The zero-order valence-corrected chi connectivity index (χ0v) is 13.6. The standard InChI is InChI=1S/C18H21ClN2O/c1-22-18-7-2-4-15(12-18)14-20-8-10-21(11-9-20)17-6-3-5-16(19)13-17/h2-7,12-13H,8-11,14H2,1H3. The number of rotatable bonds is 4. The van der Waals surface area contributed by atoms with Crippen molar-refractivity contribution in [3.8, 4) is 5.75 Å². The molecule has 0 radical (unpaired) electrons. The highest BCUT2D eigenvalue weighted by molar-refractivity contribution is 6.30. The minimum absolute atomic E-state index is 0.802. The van der Waals surface area contributed by atoms with E-state index in [2.05, 4.69) is 34.1 Å². The van der Waals surface area contributed by atoms with Crippen molar-refractivity contribution >= 4 is 17.3 Å². The van der Waals surface area contributed by atoms with Crippen LogP contribution in [0.1, 0.15) is 5.56 Å². The Balaban J connectivity index is 1.57. The quantitative estimate of drug-likeness (QED) is 0.856. The minimum Gasteiger partial charge on any atom is -0.497 e. The van der Waals surface area contributed by atoms with Crippen molar-refractivity contribution in [2.75, 3.05) is 38.2 Å². The summed E-state index contributed by atoms with van der Waals surface area (Å²) in [5.74, 6) is 0.926. The molecule has 0 aliphatic carbocycles. The van der Waals surface area contributed by atoms with E-state index in [1.54, 1.807) is 7.11 Å². The summed E-state index contributed by atoms with van der Waals surface area (Å²) in [5, 5.41) is 0.802. The molecular formula is C18H21ClN2O. The average Bonchev–Trinajstić information content (AvgIpc) is 2.56. The number of halogens is 1. The van der Waals surface area contributed by atoms with Crippen molar-refractivity contribution in [3.05, 3.63) is 59.1 Å². The molecule has 0 aromatic heterocycles. The predicted molar refractivity (Wildman–Crippen MR) is 91.9 cm³/mol. The third-order valence-electron chi connectivity index (χ3n) is 4.09. The van der Waals surface area contributed by atoms with E-state index < -0.39 is 0 Å². The Bertz CT molecular complexity index is 624. The number of ether oxygens (including phenoxy) is 1. The van der Waals surface area contributed by atoms with Gasteiger partial charge in [-0.05, 0) is 35.9 Å². The largest absolute Gasteiger partial charge is 0.497 e. The van der Waals surface area contributed by atoms with Gasteiger partial charge in [-0.1, -0.05) is 29.8 Å². The fourth-order valence-corrected chi connectivity index (χ4v) is 3.05. The van der Waals surface area contributed by atoms with Crippen LogP contribution in [0.2, 0.25) is 5.02 Å². The molecule has 1 heterocycles. The maximum Gasteiger partial charge on any atom is 0.119 e. The Morgan fingerprint density at radius 3 is 2.50 bits per heavy atom. The van der Waals surface area contributed by atoms with E-state index in [9.17, 15) is 0 Å². The first-order valence-corrected chi connectivity index (χ1v) is 7.98. The van der Waals surface area contributed by atoms with Crippen molar-refractivity contribution in [1.29, 1.82) is 0 Å². The summed E-state index contributed by atoms with van der Waals surface area (Å²) in [6.07, 6.45) is 0. The van der Waals surface area contributed by atoms with Gasteiger partial charge in [0.15, 0.2) is 0 Å². The van der Waals surface area contributed by atoms with E-state index in [0.29, 0.717) is 0 Å². The Kier molecular flexibility index (Phi) is 4.86. The molecule has 22 heavy (non-hydrogen) atoms. The molecule has 1 fully saturated rings. The Labute approximate surface area is 137 Å². The highest BCUT2D eigenvalue weighted by atomic mass is 35.5. The van der Waals surface area contributed by atoms with Crippen LogP contribution in [-0.2, 0) is 6.54 Å². The SMILES string of the molecule is COc1cccc(CN2CCN(c3cccc(Cl)c3)CC2)c1. The Hall–Kier alpha value is -1.71. The summed E-state index contributed by atoms with van der Waals surface area (Å²) in [6, 6.07) is 16.4. The van der Waals surface area contributed by atoms with Gasteiger partial charge in [-0.2, -0.15) is 0 Å². The van der Waals surface area contributed by atoms with Gasteiger partial charge >= 0.3 is 0 Å². The summed E-state index contributed by atoms with van der Waals surface area (Å²) >= 11 is 6.08. The summed E-state index contributed by atoms with van der Waals surface area (Å²) in [4.78, 5) is 4.88. The first kappa shape index (κ1) is 15.2. The molecule has 0 N–H and O–H groups in total. The number of nitrogens with zero attached hydrogens (tertiary/aromatic N) is 2. The molecule has 4 heteroatoms. The summed E-state index contributed by atoms with van der Waals surface area (Å²) in [6.45, 7) is 5.16. The molecule has 0 unspecified atom stereocenters. The van der Waals surface area contributed by atoms with Gasteiger partial charge in [0.2, 0.25) is 0 Å². The lowest BCUT2D eigenvalue weighted by molar-refractivity contribution is 0.249. The topological polar surface area (TPSA) is 15.7 Å². The third-order valence-corrected chi connectivity index (χ3v) is 4.32. The highest BCUT2D eigenvalue weighted by Gasteiger charge is 2.17. The van der Waals surface area contributed by atoms with Gasteiger partial charge in [0.25, 0.3) is 0 Å². The van der Waals surface area contributed by atoms with Crippen molar-refractivity contribution < 1.29 is 4.74 Å². The number of hydrogen-bond donors (Lipinski definition) is 0. The van der Waals surface area contributed by atoms with Gasteiger partial charge in [0.05, 0.1) is 7.11 Å². The molecule has 1 saturated heterocycles. The van der Waals surface area contributed by atoms with Crippen molar-refractivity contribution in [3.63, 3.8) is 0 Å². The summed E-state index contributed by atoms with van der Waals surface area (Å²) < 4.78 is 5.29. The molecule has 1 aliphatic heterocycles. The van der Waals surface area contributed by atoms with Crippen LogP contribution in [0.3, 0.4) is 0 Å². The Morgan fingerprint density at radius 1 is 1.00 bits per heavy atom. The van der Waals surface area contributed by atoms with E-state index in [-0.39, 0.29) is 0 Å². The van der Waals surface area contributed by atoms with Crippen molar-refractivity contribution in [2.45, 2.75) is 6.54 Å². The molecular weight excluding hydrogens is 296 g/mol. The molecule has 116 valence electrons. The van der Waals surface area contributed by atoms with E-state index in [1.165, 1.54) is 11.3 Å².